The van der Waals surface area contributed by atoms with Crippen LogP contribution in [0.2, 0.25) is 0 Å². The van der Waals surface area contributed by atoms with E-state index in [1.54, 1.807) is 30.3 Å². The number of thiocarbonyl (C=S) groups is 1. The molecule has 0 saturated carbocycles. The van der Waals surface area contributed by atoms with Crippen LogP contribution in [0.1, 0.15) is 60.7 Å². The van der Waals surface area contributed by atoms with Crippen LogP contribution in [0.15, 0.2) is 48.5 Å². The van der Waals surface area contributed by atoms with Crippen LogP contribution in [0, 0.1) is 11.8 Å². The van der Waals surface area contributed by atoms with Gasteiger partial charge >= 0.3 is 0 Å². The molecule has 0 aromatic heterocycles. The first-order valence-corrected chi connectivity index (χ1v) is 12.0. The highest BCUT2D eigenvalue weighted by atomic mass is 32.1. The number of rotatable bonds is 7. The van der Waals surface area contributed by atoms with Gasteiger partial charge in [-0.05, 0) is 73.6 Å². The Hall–Kier alpha value is -2.93. The maximum absolute atomic E-state index is 12.9. The van der Waals surface area contributed by atoms with E-state index < -0.39 is 0 Å². The van der Waals surface area contributed by atoms with Gasteiger partial charge < -0.3 is 15.0 Å². The second-order valence-corrected chi connectivity index (χ2v) is 9.40. The molecule has 0 bridgehead atoms. The molecular weight excluding hydrogens is 434 g/mol. The number of nitrogens with zero attached hydrogens (tertiary/aromatic N) is 1. The zero-order chi connectivity index (χ0) is 23.8. The summed E-state index contributed by atoms with van der Waals surface area (Å²) >= 11 is 5.35. The van der Waals surface area contributed by atoms with Gasteiger partial charge in [0.15, 0.2) is 5.11 Å². The van der Waals surface area contributed by atoms with Gasteiger partial charge in [-0.2, -0.15) is 0 Å². The SMILES string of the molecule is CC(C)CCOc1ccccc1C(=O)NC(=S)Nc1cccc(C(=O)N2CCC(C)CC2)c1. The van der Waals surface area contributed by atoms with Crippen molar-refractivity contribution in [2.24, 2.45) is 11.8 Å². The first-order chi connectivity index (χ1) is 15.8. The Balaban J connectivity index is 1.59. The number of amides is 2. The number of anilines is 1. The number of carbonyl (C=O) groups is 2. The number of benzene rings is 2. The monoisotopic (exact) mass is 467 g/mol. The van der Waals surface area contributed by atoms with Crippen molar-refractivity contribution in [1.82, 2.24) is 10.2 Å². The maximum atomic E-state index is 12.9. The molecule has 0 radical (unpaired) electrons. The zero-order valence-corrected chi connectivity index (χ0v) is 20.4. The molecule has 2 aromatic carbocycles. The summed E-state index contributed by atoms with van der Waals surface area (Å²) in [5.74, 6) is 1.38. The average Bonchev–Trinajstić information content (AvgIpc) is 2.79. The fraction of sp³-hybridized carbons (Fsp3) is 0.423. The lowest BCUT2D eigenvalue weighted by atomic mass is 9.98. The van der Waals surface area contributed by atoms with E-state index in [4.69, 9.17) is 17.0 Å². The molecule has 1 fully saturated rings. The third kappa shape index (κ3) is 7.29. The van der Waals surface area contributed by atoms with Crippen molar-refractivity contribution in [3.63, 3.8) is 0 Å². The lowest BCUT2D eigenvalue weighted by molar-refractivity contribution is 0.0697. The summed E-state index contributed by atoms with van der Waals surface area (Å²) < 4.78 is 5.81. The van der Waals surface area contributed by atoms with Gasteiger partial charge in [-0.3, -0.25) is 14.9 Å². The standard InChI is InChI=1S/C26H33N3O3S/c1-18(2)13-16-32-23-10-5-4-9-22(23)24(30)28-26(33)27-21-8-6-7-20(17-21)25(31)29-14-11-19(3)12-15-29/h4-10,17-19H,11-16H2,1-3H3,(H2,27,28,30,33). The maximum Gasteiger partial charge on any atom is 0.261 e. The molecule has 6 nitrogen and oxygen atoms in total. The van der Waals surface area contributed by atoms with E-state index in [-0.39, 0.29) is 16.9 Å². The number of para-hydroxylation sites is 1. The van der Waals surface area contributed by atoms with Crippen LogP contribution in [0.25, 0.3) is 0 Å². The number of hydrogen-bond acceptors (Lipinski definition) is 4. The van der Waals surface area contributed by atoms with E-state index in [2.05, 4.69) is 31.4 Å². The molecule has 0 atom stereocenters. The molecular formula is C26H33N3O3S. The third-order valence-electron chi connectivity index (χ3n) is 5.75. The summed E-state index contributed by atoms with van der Waals surface area (Å²) in [4.78, 5) is 27.5. The molecule has 33 heavy (non-hydrogen) atoms. The van der Waals surface area contributed by atoms with Crippen LogP contribution in [0.4, 0.5) is 5.69 Å². The van der Waals surface area contributed by atoms with Gasteiger partial charge in [0.2, 0.25) is 0 Å². The van der Waals surface area contributed by atoms with Crippen molar-refractivity contribution in [1.29, 1.82) is 0 Å². The molecule has 1 heterocycles. The van der Waals surface area contributed by atoms with Gasteiger partial charge in [0.1, 0.15) is 5.75 Å². The Labute approximate surface area is 201 Å². The molecule has 1 aliphatic rings. The van der Waals surface area contributed by atoms with Crippen molar-refractivity contribution < 1.29 is 14.3 Å². The van der Waals surface area contributed by atoms with Gasteiger partial charge in [-0.1, -0.05) is 39.0 Å². The number of likely N-dealkylation sites (tertiary alicyclic amines) is 1. The van der Waals surface area contributed by atoms with Crippen LogP contribution in [0.5, 0.6) is 5.75 Å². The summed E-state index contributed by atoms with van der Waals surface area (Å²) in [6.07, 6.45) is 2.96. The topological polar surface area (TPSA) is 70.7 Å². The molecule has 7 heteroatoms. The van der Waals surface area contributed by atoms with Gasteiger partial charge in [0.25, 0.3) is 11.8 Å². The highest BCUT2D eigenvalue weighted by molar-refractivity contribution is 7.80. The van der Waals surface area contributed by atoms with Crippen LogP contribution < -0.4 is 15.4 Å². The van der Waals surface area contributed by atoms with Crippen LogP contribution in [-0.2, 0) is 0 Å². The Bertz CT molecular complexity index is 984. The van der Waals surface area contributed by atoms with E-state index in [1.165, 1.54) is 0 Å². The number of hydrogen-bond donors (Lipinski definition) is 2. The van der Waals surface area contributed by atoms with Crippen LogP contribution in [0.3, 0.4) is 0 Å². The lowest BCUT2D eigenvalue weighted by Crippen LogP contribution is -2.38. The van der Waals surface area contributed by atoms with E-state index in [0.29, 0.717) is 41.0 Å². The number of nitrogens with one attached hydrogen (secondary N) is 2. The van der Waals surface area contributed by atoms with Gasteiger partial charge in [-0.15, -0.1) is 0 Å². The quantitative estimate of drug-likeness (QED) is 0.554. The summed E-state index contributed by atoms with van der Waals surface area (Å²) in [6.45, 7) is 8.58. The van der Waals surface area contributed by atoms with Crippen LogP contribution >= 0.6 is 12.2 Å². The first-order valence-electron chi connectivity index (χ1n) is 11.6. The highest BCUT2D eigenvalue weighted by Gasteiger charge is 2.21. The van der Waals surface area contributed by atoms with E-state index in [1.807, 2.05) is 23.1 Å². The average molecular weight is 468 g/mol. The number of ether oxygens (including phenoxy) is 1. The number of carbonyl (C=O) groups excluding carboxylic acids is 2. The molecule has 0 spiro atoms. The number of piperidine rings is 1. The Morgan fingerprint density at radius 3 is 2.58 bits per heavy atom. The summed E-state index contributed by atoms with van der Waals surface area (Å²) in [5, 5.41) is 5.88. The molecule has 2 N–H and O–H groups in total. The lowest BCUT2D eigenvalue weighted by Gasteiger charge is -2.30. The normalized spacial score (nSPS) is 14.1. The van der Waals surface area contributed by atoms with E-state index >= 15 is 0 Å². The summed E-state index contributed by atoms with van der Waals surface area (Å²) in [5.41, 5.74) is 1.68. The van der Waals surface area contributed by atoms with Crippen molar-refractivity contribution in [3.05, 3.63) is 59.7 Å². The van der Waals surface area contributed by atoms with Crippen molar-refractivity contribution >= 4 is 34.8 Å². The minimum absolute atomic E-state index is 0.0213. The first kappa shape index (κ1) is 24.7. The second kappa shape index (κ2) is 11.8. The second-order valence-electron chi connectivity index (χ2n) is 8.99. The minimum Gasteiger partial charge on any atom is -0.493 e. The zero-order valence-electron chi connectivity index (χ0n) is 19.6. The smallest absolute Gasteiger partial charge is 0.261 e. The predicted octanol–water partition coefficient (Wildman–Crippen LogP) is 5.11. The van der Waals surface area contributed by atoms with Crippen molar-refractivity contribution in [2.75, 3.05) is 25.0 Å². The molecule has 0 aliphatic carbocycles. The van der Waals surface area contributed by atoms with Crippen molar-refractivity contribution in [3.8, 4) is 5.75 Å². The fourth-order valence-corrected chi connectivity index (χ4v) is 3.85. The molecule has 176 valence electrons. The molecule has 1 saturated heterocycles. The minimum atomic E-state index is -0.345. The molecule has 0 unspecified atom stereocenters. The van der Waals surface area contributed by atoms with Crippen LogP contribution in [-0.4, -0.2) is 41.5 Å². The van der Waals surface area contributed by atoms with Crippen molar-refractivity contribution in [2.45, 2.75) is 40.0 Å². The van der Waals surface area contributed by atoms with Gasteiger partial charge in [0, 0.05) is 24.3 Å². The molecule has 1 aliphatic heterocycles. The third-order valence-corrected chi connectivity index (χ3v) is 5.95. The van der Waals surface area contributed by atoms with E-state index in [0.717, 1.165) is 32.4 Å². The largest absolute Gasteiger partial charge is 0.493 e. The molecule has 2 amide bonds. The Morgan fingerprint density at radius 1 is 1.12 bits per heavy atom. The summed E-state index contributed by atoms with van der Waals surface area (Å²) in [6, 6.07) is 14.3. The Morgan fingerprint density at radius 2 is 1.85 bits per heavy atom. The molecule has 2 aromatic rings. The predicted molar refractivity (Wildman–Crippen MR) is 136 cm³/mol. The highest BCUT2D eigenvalue weighted by Crippen LogP contribution is 2.21. The van der Waals surface area contributed by atoms with Gasteiger partial charge in [-0.25, -0.2) is 0 Å². The fourth-order valence-electron chi connectivity index (χ4n) is 3.64. The van der Waals surface area contributed by atoms with E-state index in [9.17, 15) is 9.59 Å². The van der Waals surface area contributed by atoms with Gasteiger partial charge in [0.05, 0.1) is 12.2 Å². The Kier molecular flexibility index (Phi) is 8.83. The summed E-state index contributed by atoms with van der Waals surface area (Å²) in [7, 11) is 0. The molecule has 3 rings (SSSR count).